The standard InChI is InChI=1S/C30H30O9/c1-36-20-10-9-18-16-19-8-5-14-29-24(18)26(20)39-27(29)21(13-15-30(19,29)35)37-22(31)11-12-23(32)38-25(28(33)34)17-6-3-2-4-7-17/h2-4,6-7,9-10,13,19,25,27,35H,5,8,11-12,14-16H2,1H3,(H,33,34)/t19-,25-,27+,29+,30-/m0/s1. The van der Waals surface area contributed by atoms with E-state index >= 15 is 0 Å². The maximum atomic E-state index is 12.9. The molecule has 6 rings (SSSR count). The summed E-state index contributed by atoms with van der Waals surface area (Å²) in [5.74, 6) is -1.24. The van der Waals surface area contributed by atoms with Gasteiger partial charge in [-0.05, 0) is 49.3 Å². The van der Waals surface area contributed by atoms with E-state index in [0.29, 0.717) is 35.7 Å². The maximum Gasteiger partial charge on any atom is 0.349 e. The second kappa shape index (κ2) is 9.41. The number of aliphatic carboxylic acids is 1. The van der Waals surface area contributed by atoms with Gasteiger partial charge in [-0.3, -0.25) is 9.59 Å². The van der Waals surface area contributed by atoms with Crippen LogP contribution in [-0.2, 0) is 35.7 Å². The van der Waals surface area contributed by atoms with Gasteiger partial charge >= 0.3 is 17.9 Å². The molecule has 9 heteroatoms. The molecule has 0 saturated heterocycles. The molecule has 2 bridgehead atoms. The minimum absolute atomic E-state index is 0.0688. The molecular weight excluding hydrogens is 504 g/mol. The highest BCUT2D eigenvalue weighted by Crippen LogP contribution is 2.67. The molecule has 1 fully saturated rings. The van der Waals surface area contributed by atoms with Gasteiger partial charge in [0.15, 0.2) is 17.6 Å². The third kappa shape index (κ3) is 3.82. The van der Waals surface area contributed by atoms with Gasteiger partial charge in [0.05, 0.1) is 31.0 Å². The van der Waals surface area contributed by atoms with Gasteiger partial charge in [-0.15, -0.1) is 0 Å². The summed E-state index contributed by atoms with van der Waals surface area (Å²) in [4.78, 5) is 36.9. The van der Waals surface area contributed by atoms with Crippen LogP contribution in [0.3, 0.4) is 0 Å². The first-order valence-electron chi connectivity index (χ1n) is 13.3. The molecule has 1 heterocycles. The van der Waals surface area contributed by atoms with Crippen molar-refractivity contribution in [3.8, 4) is 11.5 Å². The van der Waals surface area contributed by atoms with Gasteiger partial charge < -0.3 is 29.2 Å². The zero-order chi connectivity index (χ0) is 27.4. The Morgan fingerprint density at radius 3 is 2.62 bits per heavy atom. The first kappa shape index (κ1) is 25.4. The smallest absolute Gasteiger partial charge is 0.349 e. The average Bonchev–Trinajstić information content (AvgIpc) is 3.27. The molecule has 0 aromatic heterocycles. The molecule has 1 spiro atoms. The Morgan fingerprint density at radius 2 is 1.87 bits per heavy atom. The lowest BCUT2D eigenvalue weighted by molar-refractivity contribution is -0.166. The highest BCUT2D eigenvalue weighted by molar-refractivity contribution is 5.82. The van der Waals surface area contributed by atoms with Crippen LogP contribution >= 0.6 is 0 Å². The molecular formula is C30H30O9. The van der Waals surface area contributed by atoms with Crippen LogP contribution in [0.2, 0.25) is 0 Å². The fourth-order valence-electron chi connectivity index (χ4n) is 7.15. The molecule has 9 nitrogen and oxygen atoms in total. The number of esters is 2. The summed E-state index contributed by atoms with van der Waals surface area (Å²) in [6, 6.07) is 12.1. The van der Waals surface area contributed by atoms with E-state index in [1.165, 1.54) is 0 Å². The minimum Gasteiger partial charge on any atom is -0.493 e. The topological polar surface area (TPSA) is 129 Å². The molecule has 2 N–H and O–H groups in total. The van der Waals surface area contributed by atoms with E-state index in [0.717, 1.165) is 30.4 Å². The Balaban J connectivity index is 1.19. The van der Waals surface area contributed by atoms with Gasteiger partial charge in [0, 0.05) is 11.1 Å². The number of ether oxygens (including phenoxy) is 4. The molecule has 0 radical (unpaired) electrons. The van der Waals surface area contributed by atoms with E-state index in [1.807, 2.05) is 12.1 Å². The van der Waals surface area contributed by atoms with Crippen LogP contribution in [0.5, 0.6) is 11.5 Å². The third-order valence-corrected chi connectivity index (χ3v) is 8.81. The summed E-state index contributed by atoms with van der Waals surface area (Å²) in [6.45, 7) is 0. The van der Waals surface area contributed by atoms with Crippen LogP contribution in [0.1, 0.15) is 61.3 Å². The van der Waals surface area contributed by atoms with Crippen molar-refractivity contribution < 1.29 is 43.5 Å². The summed E-state index contributed by atoms with van der Waals surface area (Å²) in [6.07, 6.45) is 2.53. The minimum atomic E-state index is -1.47. The van der Waals surface area contributed by atoms with Gasteiger partial charge in [0.1, 0.15) is 5.76 Å². The zero-order valence-corrected chi connectivity index (χ0v) is 21.6. The number of rotatable bonds is 8. The molecule has 2 aromatic carbocycles. The second-order valence-corrected chi connectivity index (χ2v) is 10.7. The summed E-state index contributed by atoms with van der Waals surface area (Å²) in [5, 5.41) is 21.6. The molecule has 39 heavy (non-hydrogen) atoms. The summed E-state index contributed by atoms with van der Waals surface area (Å²) < 4.78 is 22.9. The SMILES string of the molecule is COc1ccc2c3c1O[C@@H]1C(OC(=O)CCC(=O)O[C@H](C(=O)O)c4ccccc4)=CC[C@]4(O)[C@@H](CCC[C@@]314)C2. The summed E-state index contributed by atoms with van der Waals surface area (Å²) in [7, 11) is 1.57. The van der Waals surface area contributed by atoms with Crippen molar-refractivity contribution in [2.24, 2.45) is 5.92 Å². The van der Waals surface area contributed by atoms with Crippen LogP contribution in [0.4, 0.5) is 0 Å². The van der Waals surface area contributed by atoms with Gasteiger partial charge in [0.25, 0.3) is 0 Å². The van der Waals surface area contributed by atoms with Gasteiger partial charge in [-0.1, -0.05) is 42.8 Å². The lowest BCUT2D eigenvalue weighted by Crippen LogP contribution is -2.67. The quantitative estimate of drug-likeness (QED) is 0.487. The van der Waals surface area contributed by atoms with Gasteiger partial charge in [-0.2, -0.15) is 0 Å². The lowest BCUT2D eigenvalue weighted by atomic mass is 9.47. The Bertz CT molecular complexity index is 1370. The number of carbonyl (C=O) groups excluding carboxylic acids is 2. The van der Waals surface area contributed by atoms with Crippen molar-refractivity contribution in [3.63, 3.8) is 0 Å². The predicted molar refractivity (Wildman–Crippen MR) is 136 cm³/mol. The van der Waals surface area contributed by atoms with Gasteiger partial charge in [0.2, 0.25) is 6.10 Å². The molecule has 0 unspecified atom stereocenters. The van der Waals surface area contributed by atoms with Gasteiger partial charge in [-0.25, -0.2) is 4.79 Å². The van der Waals surface area contributed by atoms with Crippen molar-refractivity contribution in [1.29, 1.82) is 0 Å². The Labute approximate surface area is 225 Å². The number of aliphatic hydroxyl groups is 1. The zero-order valence-electron chi connectivity index (χ0n) is 21.6. The van der Waals surface area contributed by atoms with E-state index in [1.54, 1.807) is 43.5 Å². The van der Waals surface area contributed by atoms with Crippen LogP contribution in [-0.4, -0.2) is 46.9 Å². The molecule has 1 aliphatic heterocycles. The largest absolute Gasteiger partial charge is 0.493 e. The molecule has 1 saturated carbocycles. The molecule has 2 aromatic rings. The van der Waals surface area contributed by atoms with E-state index in [-0.39, 0.29) is 18.8 Å². The Morgan fingerprint density at radius 1 is 1.10 bits per heavy atom. The van der Waals surface area contributed by atoms with Crippen LogP contribution in [0, 0.1) is 5.92 Å². The highest BCUT2D eigenvalue weighted by Gasteiger charge is 2.70. The Hall–Kier alpha value is -3.85. The van der Waals surface area contributed by atoms with Crippen molar-refractivity contribution in [2.75, 3.05) is 7.11 Å². The third-order valence-electron chi connectivity index (χ3n) is 8.81. The van der Waals surface area contributed by atoms with Crippen LogP contribution in [0.15, 0.2) is 54.3 Å². The maximum absolute atomic E-state index is 12.9. The van der Waals surface area contributed by atoms with E-state index in [4.69, 9.17) is 18.9 Å². The normalized spacial score (nSPS) is 28.3. The average molecular weight is 535 g/mol. The van der Waals surface area contributed by atoms with Crippen molar-refractivity contribution in [1.82, 2.24) is 0 Å². The van der Waals surface area contributed by atoms with E-state index < -0.39 is 41.1 Å². The number of carboxylic acid groups (broad SMARTS) is 1. The lowest BCUT2D eigenvalue weighted by Gasteiger charge is -2.59. The fourth-order valence-corrected chi connectivity index (χ4v) is 7.15. The fraction of sp³-hybridized carbons (Fsp3) is 0.433. The highest BCUT2D eigenvalue weighted by atomic mass is 16.6. The number of methoxy groups -OCH3 is 1. The molecule has 3 aliphatic carbocycles. The number of carbonyl (C=O) groups is 3. The van der Waals surface area contributed by atoms with Crippen molar-refractivity contribution >= 4 is 17.9 Å². The molecule has 5 atom stereocenters. The van der Waals surface area contributed by atoms with E-state index in [2.05, 4.69) is 0 Å². The molecule has 4 aliphatic rings. The summed E-state index contributed by atoms with van der Waals surface area (Å²) in [5.41, 5.74) is 0.636. The number of benzene rings is 2. The monoisotopic (exact) mass is 534 g/mol. The number of hydrogen-bond donors (Lipinski definition) is 2. The first-order chi connectivity index (χ1) is 18.8. The molecule has 0 amide bonds. The van der Waals surface area contributed by atoms with Crippen LogP contribution in [0.25, 0.3) is 0 Å². The van der Waals surface area contributed by atoms with Crippen molar-refractivity contribution in [2.45, 2.75) is 68.2 Å². The van der Waals surface area contributed by atoms with Crippen molar-refractivity contribution in [3.05, 3.63) is 71.0 Å². The van der Waals surface area contributed by atoms with Crippen LogP contribution < -0.4 is 9.47 Å². The number of hydrogen-bond acceptors (Lipinski definition) is 8. The molecule has 204 valence electrons. The Kier molecular flexibility index (Phi) is 6.14. The predicted octanol–water partition coefficient (Wildman–Crippen LogP) is 3.76. The first-order valence-corrected chi connectivity index (χ1v) is 13.3. The summed E-state index contributed by atoms with van der Waals surface area (Å²) >= 11 is 0. The van der Waals surface area contributed by atoms with E-state index in [9.17, 15) is 24.6 Å². The number of carboxylic acids is 1. The second-order valence-electron chi connectivity index (χ2n) is 10.7.